The fourth-order valence-electron chi connectivity index (χ4n) is 10.0. The first-order valence-corrected chi connectivity index (χ1v) is 22.5. The van der Waals surface area contributed by atoms with Gasteiger partial charge in [0.1, 0.15) is 0 Å². The summed E-state index contributed by atoms with van der Waals surface area (Å²) in [6.45, 7) is 4.72. The summed E-state index contributed by atoms with van der Waals surface area (Å²) < 4.78 is 0. The zero-order valence-corrected chi connectivity index (χ0v) is 36.2. The maximum absolute atomic E-state index is 2.44. The molecule has 0 unspecified atom stereocenters. The molecular formula is C58H44N4S. The second-order valence-electron chi connectivity index (χ2n) is 17.1. The van der Waals surface area contributed by atoms with E-state index in [0.29, 0.717) is 0 Å². The highest BCUT2D eigenvalue weighted by Crippen LogP contribution is 2.55. The molecule has 12 rings (SSSR count). The highest BCUT2D eigenvalue weighted by atomic mass is 32.2. The van der Waals surface area contributed by atoms with Crippen LogP contribution in [0.3, 0.4) is 0 Å². The fourth-order valence-corrected chi connectivity index (χ4v) is 11.1. The van der Waals surface area contributed by atoms with E-state index in [0.717, 1.165) is 34.1 Å². The van der Waals surface area contributed by atoms with Crippen LogP contribution in [0, 0.1) is 0 Å². The quantitative estimate of drug-likeness (QED) is 0.165. The molecule has 0 saturated carbocycles. The van der Waals surface area contributed by atoms with Crippen LogP contribution in [-0.4, -0.2) is 7.05 Å². The van der Waals surface area contributed by atoms with Gasteiger partial charge in [0.25, 0.3) is 0 Å². The standard InChI is InChI=1S/C58H44N4S/c1-58(2)48-21-11-10-20-46(48)47-33-31-44(37-49(47)58)60(45-32-35-54-57(38-45)63-56-25-15-14-24-53(56)62(54)42-18-8-5-9-19-42)43-29-26-39(27-30-43)40-28-34-52-55(36-40)59(3)50-22-12-13-23-51(50)61(52)41-16-6-4-7-17-41/h4-38H,1-3H3. The molecule has 63 heavy (non-hydrogen) atoms. The molecule has 2 aliphatic heterocycles. The Labute approximate surface area is 373 Å². The lowest BCUT2D eigenvalue weighted by molar-refractivity contribution is 0.660. The highest BCUT2D eigenvalue weighted by Gasteiger charge is 2.36. The normalized spacial score (nSPS) is 13.9. The number of para-hydroxylation sites is 5. The minimum atomic E-state index is -0.126. The first kappa shape index (κ1) is 37.3. The molecule has 0 fully saturated rings. The van der Waals surface area contributed by atoms with Crippen molar-refractivity contribution in [1.82, 2.24) is 0 Å². The van der Waals surface area contributed by atoms with Gasteiger partial charge in [-0.2, -0.15) is 0 Å². The molecule has 0 aromatic heterocycles. The Bertz CT molecular complexity index is 3210. The van der Waals surface area contributed by atoms with Crippen LogP contribution in [0.25, 0.3) is 22.3 Å². The van der Waals surface area contributed by atoms with E-state index in [2.05, 4.69) is 253 Å². The topological polar surface area (TPSA) is 13.0 Å². The molecule has 0 radical (unpaired) electrons. The number of hydrogen-bond acceptors (Lipinski definition) is 5. The van der Waals surface area contributed by atoms with E-state index in [1.54, 1.807) is 0 Å². The average molecular weight is 829 g/mol. The van der Waals surface area contributed by atoms with Crippen LogP contribution in [0.4, 0.5) is 62.6 Å². The summed E-state index contributed by atoms with van der Waals surface area (Å²) in [6, 6.07) is 77.7. The van der Waals surface area contributed by atoms with Crippen LogP contribution >= 0.6 is 11.8 Å². The molecule has 0 bridgehead atoms. The summed E-state index contributed by atoms with van der Waals surface area (Å²) in [4.78, 5) is 12.0. The summed E-state index contributed by atoms with van der Waals surface area (Å²) in [5.74, 6) is 0. The molecule has 302 valence electrons. The Kier molecular flexibility index (Phi) is 8.63. The summed E-state index contributed by atoms with van der Waals surface area (Å²) in [6.07, 6.45) is 0. The third-order valence-corrected chi connectivity index (χ3v) is 14.3. The Morgan fingerprint density at radius 1 is 0.381 bits per heavy atom. The molecule has 0 spiro atoms. The molecular weight excluding hydrogens is 785 g/mol. The number of rotatable bonds is 6. The van der Waals surface area contributed by atoms with Gasteiger partial charge >= 0.3 is 0 Å². The van der Waals surface area contributed by atoms with Crippen molar-refractivity contribution < 1.29 is 0 Å². The van der Waals surface area contributed by atoms with Crippen LogP contribution in [-0.2, 0) is 5.41 Å². The van der Waals surface area contributed by atoms with Crippen molar-refractivity contribution in [2.75, 3.05) is 26.6 Å². The van der Waals surface area contributed by atoms with E-state index >= 15 is 0 Å². The highest BCUT2D eigenvalue weighted by molar-refractivity contribution is 7.99. The van der Waals surface area contributed by atoms with Crippen molar-refractivity contribution in [3.05, 3.63) is 223 Å². The van der Waals surface area contributed by atoms with Gasteiger partial charge in [-0.1, -0.05) is 135 Å². The van der Waals surface area contributed by atoms with E-state index in [-0.39, 0.29) is 5.41 Å². The van der Waals surface area contributed by atoms with Gasteiger partial charge in [-0.15, -0.1) is 0 Å². The van der Waals surface area contributed by atoms with Gasteiger partial charge in [0.2, 0.25) is 0 Å². The molecule has 2 heterocycles. The Morgan fingerprint density at radius 2 is 0.905 bits per heavy atom. The molecule has 5 heteroatoms. The van der Waals surface area contributed by atoms with E-state index < -0.39 is 0 Å². The number of nitrogens with zero attached hydrogens (tertiary/aromatic N) is 4. The lowest BCUT2D eigenvalue weighted by Crippen LogP contribution is -2.24. The summed E-state index contributed by atoms with van der Waals surface area (Å²) >= 11 is 1.84. The van der Waals surface area contributed by atoms with Crippen LogP contribution in [0.2, 0.25) is 0 Å². The molecule has 9 aromatic rings. The maximum Gasteiger partial charge on any atom is 0.0700 e. The van der Waals surface area contributed by atoms with Gasteiger partial charge in [-0.25, -0.2) is 0 Å². The van der Waals surface area contributed by atoms with Crippen LogP contribution in [0.15, 0.2) is 222 Å². The van der Waals surface area contributed by atoms with Crippen molar-refractivity contribution in [3.8, 4) is 22.3 Å². The largest absolute Gasteiger partial charge is 0.341 e. The Hall–Kier alpha value is -7.47. The van der Waals surface area contributed by atoms with Crippen molar-refractivity contribution in [2.45, 2.75) is 29.1 Å². The lowest BCUT2D eigenvalue weighted by atomic mass is 9.82. The third-order valence-electron chi connectivity index (χ3n) is 13.1. The Morgan fingerprint density at radius 3 is 1.67 bits per heavy atom. The zero-order chi connectivity index (χ0) is 42.2. The van der Waals surface area contributed by atoms with Gasteiger partial charge < -0.3 is 19.6 Å². The van der Waals surface area contributed by atoms with Gasteiger partial charge in [0.15, 0.2) is 0 Å². The van der Waals surface area contributed by atoms with Gasteiger partial charge in [0, 0.05) is 50.7 Å². The van der Waals surface area contributed by atoms with Crippen molar-refractivity contribution in [1.29, 1.82) is 0 Å². The number of anilines is 11. The van der Waals surface area contributed by atoms with E-state index in [4.69, 9.17) is 0 Å². The minimum absolute atomic E-state index is 0.126. The van der Waals surface area contributed by atoms with E-state index in [1.165, 1.54) is 71.6 Å². The van der Waals surface area contributed by atoms with Gasteiger partial charge in [-0.3, -0.25) is 0 Å². The predicted octanol–water partition coefficient (Wildman–Crippen LogP) is 16.6. The molecule has 3 aliphatic rings. The number of fused-ring (bicyclic) bond motifs is 7. The van der Waals surface area contributed by atoms with Crippen molar-refractivity contribution in [2.24, 2.45) is 0 Å². The lowest BCUT2D eigenvalue weighted by Gasteiger charge is -2.38. The molecule has 1 aliphatic carbocycles. The maximum atomic E-state index is 2.44. The average Bonchev–Trinajstić information content (AvgIpc) is 3.56. The summed E-state index contributed by atoms with van der Waals surface area (Å²) in [5, 5.41) is 0. The van der Waals surface area contributed by atoms with Crippen molar-refractivity contribution >= 4 is 74.3 Å². The SMILES string of the molecule is CN1c2ccccc2N(c2ccccc2)c2ccc(-c3ccc(N(c4ccc5c(c4)Sc4ccccc4N5c4ccccc4)c4ccc5c(c4)C(C)(C)c4ccccc4-5)cc3)cc21. The molecule has 9 aromatic carbocycles. The van der Waals surface area contributed by atoms with Gasteiger partial charge in [-0.05, 0) is 137 Å². The smallest absolute Gasteiger partial charge is 0.0700 e. The van der Waals surface area contributed by atoms with Crippen LogP contribution < -0.4 is 19.6 Å². The predicted molar refractivity (Wildman–Crippen MR) is 266 cm³/mol. The number of hydrogen-bond donors (Lipinski definition) is 0. The summed E-state index contributed by atoms with van der Waals surface area (Å²) in [5.41, 5.74) is 20.3. The first-order chi connectivity index (χ1) is 30.9. The van der Waals surface area contributed by atoms with E-state index in [9.17, 15) is 0 Å². The fraction of sp³-hybridized carbons (Fsp3) is 0.0690. The minimum Gasteiger partial charge on any atom is -0.341 e. The van der Waals surface area contributed by atoms with Crippen LogP contribution in [0.5, 0.6) is 0 Å². The number of benzene rings is 9. The molecule has 0 atom stereocenters. The zero-order valence-electron chi connectivity index (χ0n) is 35.4. The molecule has 0 N–H and O–H groups in total. The molecule has 0 saturated heterocycles. The first-order valence-electron chi connectivity index (χ1n) is 21.7. The van der Waals surface area contributed by atoms with Gasteiger partial charge in [0.05, 0.1) is 34.1 Å². The second-order valence-corrected chi connectivity index (χ2v) is 18.2. The molecule has 4 nitrogen and oxygen atoms in total. The van der Waals surface area contributed by atoms with Crippen LogP contribution in [0.1, 0.15) is 25.0 Å². The van der Waals surface area contributed by atoms with Crippen molar-refractivity contribution in [3.63, 3.8) is 0 Å². The second kappa shape index (κ2) is 14.6. The van der Waals surface area contributed by atoms with E-state index in [1.807, 2.05) is 11.8 Å². The Balaban J connectivity index is 0.968. The third kappa shape index (κ3) is 5.99. The monoisotopic (exact) mass is 828 g/mol. The summed E-state index contributed by atoms with van der Waals surface area (Å²) in [7, 11) is 2.18. The molecule has 0 amide bonds.